The van der Waals surface area contributed by atoms with Gasteiger partial charge in [0.15, 0.2) is 0 Å². The summed E-state index contributed by atoms with van der Waals surface area (Å²) in [6, 6.07) is 0. The summed E-state index contributed by atoms with van der Waals surface area (Å²) in [7, 11) is 0. The molecule has 0 aliphatic carbocycles. The zero-order valence-electron chi connectivity index (χ0n) is 2.23. The van der Waals surface area contributed by atoms with E-state index in [1.54, 1.807) is 0 Å². The van der Waals surface area contributed by atoms with Crippen molar-refractivity contribution in [2.75, 3.05) is 0 Å². The van der Waals surface area contributed by atoms with E-state index < -0.39 is 0 Å². The van der Waals surface area contributed by atoms with Gasteiger partial charge in [0.25, 0.3) is 0 Å². The van der Waals surface area contributed by atoms with Gasteiger partial charge >= 0.3 is 0 Å². The first kappa shape index (κ1) is 9.63. The highest BCUT2D eigenvalue weighted by Crippen LogP contribution is 1.26. The van der Waals surface area contributed by atoms with Crippen LogP contribution in [0.2, 0.25) is 0 Å². The molecule has 22 valence electrons. The molecule has 0 aromatic carbocycles. The Labute approximate surface area is 26.6 Å². The van der Waals surface area contributed by atoms with Crippen LogP contribution in [0, 0.1) is 7.43 Å². The summed E-state index contributed by atoms with van der Waals surface area (Å²) in [6.07, 6.45) is 0.750. The van der Waals surface area contributed by atoms with Crippen molar-refractivity contribution in [3.63, 3.8) is 0 Å². The van der Waals surface area contributed by atoms with Crippen LogP contribution in [0.15, 0.2) is 12.8 Å². The molecule has 1 heteroatoms. The summed E-state index contributed by atoms with van der Waals surface area (Å²) < 4.78 is 0. The SMILES string of the molecule is C=CO.[C]. The molecule has 4 heavy (non-hydrogen) atoms. The largest absolute Gasteiger partial charge is 0.516 e. The fraction of sp³-hybridized carbons (Fsp3) is 0. The Bertz CT molecular complexity index is 10.8. The molecule has 0 saturated carbocycles. The molecular weight excluding hydrogens is 52.0 g/mol. The quantitative estimate of drug-likeness (QED) is 0.406. The average Bonchev–Trinajstić information content (AvgIpc) is 0.918. The molecule has 0 aromatic heterocycles. The minimum Gasteiger partial charge on any atom is -0.516 e. The van der Waals surface area contributed by atoms with Crippen molar-refractivity contribution in [1.29, 1.82) is 0 Å². The minimum atomic E-state index is 0. The topological polar surface area (TPSA) is 20.2 Å². The summed E-state index contributed by atoms with van der Waals surface area (Å²) in [5.74, 6) is 0. The molecular formula is C3H4O. The van der Waals surface area contributed by atoms with E-state index in [0.29, 0.717) is 0 Å². The second-order valence-corrected chi connectivity index (χ2v) is 0.183. The van der Waals surface area contributed by atoms with Crippen molar-refractivity contribution in [2.45, 2.75) is 0 Å². The van der Waals surface area contributed by atoms with Gasteiger partial charge in [0.05, 0.1) is 6.26 Å². The van der Waals surface area contributed by atoms with Crippen molar-refractivity contribution in [3.05, 3.63) is 20.3 Å². The number of hydrogen-bond donors (Lipinski definition) is 1. The third-order valence-corrected chi connectivity index (χ3v) is 0. The van der Waals surface area contributed by atoms with Crippen LogP contribution in [0.5, 0.6) is 0 Å². The zero-order valence-corrected chi connectivity index (χ0v) is 2.23. The average molecular weight is 56.1 g/mol. The van der Waals surface area contributed by atoms with Crippen LogP contribution >= 0.6 is 0 Å². The second-order valence-electron chi connectivity index (χ2n) is 0.183. The third-order valence-electron chi connectivity index (χ3n) is 0. The lowest BCUT2D eigenvalue weighted by Crippen LogP contribution is -1.25. The van der Waals surface area contributed by atoms with Gasteiger partial charge in [-0.2, -0.15) is 0 Å². The number of aliphatic hydroxyl groups is 1. The van der Waals surface area contributed by atoms with Crippen LogP contribution in [0.3, 0.4) is 0 Å². The van der Waals surface area contributed by atoms with Gasteiger partial charge in [-0.05, 0) is 0 Å². The molecule has 1 nitrogen and oxygen atoms in total. The van der Waals surface area contributed by atoms with Gasteiger partial charge in [0, 0.05) is 7.43 Å². The zero-order chi connectivity index (χ0) is 2.71. The van der Waals surface area contributed by atoms with Crippen molar-refractivity contribution in [1.82, 2.24) is 0 Å². The van der Waals surface area contributed by atoms with E-state index in [1.807, 2.05) is 0 Å². The van der Waals surface area contributed by atoms with Gasteiger partial charge < -0.3 is 5.11 Å². The third kappa shape index (κ3) is 2.12. The lowest BCUT2D eigenvalue weighted by Gasteiger charge is -1.41. The van der Waals surface area contributed by atoms with E-state index in [4.69, 9.17) is 5.11 Å². The molecule has 0 rings (SSSR count). The maximum Gasteiger partial charge on any atom is 0.0719 e. The molecule has 0 atom stereocenters. The Morgan fingerprint density at radius 1 is 1.75 bits per heavy atom. The van der Waals surface area contributed by atoms with E-state index in [0.717, 1.165) is 6.26 Å². The first-order valence-electron chi connectivity index (χ1n) is 0.666. The van der Waals surface area contributed by atoms with Crippen LogP contribution in [0.25, 0.3) is 0 Å². The summed E-state index contributed by atoms with van der Waals surface area (Å²) in [6.45, 7) is 2.92. The van der Waals surface area contributed by atoms with Crippen molar-refractivity contribution in [3.8, 4) is 0 Å². The first-order chi connectivity index (χ1) is 1.41. The van der Waals surface area contributed by atoms with Gasteiger partial charge in [0.2, 0.25) is 0 Å². The minimum absolute atomic E-state index is 0. The number of aliphatic hydroxyl groups excluding tert-OH is 1. The number of hydrogen-bond acceptors (Lipinski definition) is 1. The predicted molar refractivity (Wildman–Crippen MR) is 16.1 cm³/mol. The summed E-state index contributed by atoms with van der Waals surface area (Å²) in [5, 5.41) is 7.33. The molecule has 1 N–H and O–H groups in total. The second kappa shape index (κ2) is 20.7. The van der Waals surface area contributed by atoms with E-state index >= 15 is 0 Å². The van der Waals surface area contributed by atoms with Gasteiger partial charge in [0.1, 0.15) is 0 Å². The summed E-state index contributed by atoms with van der Waals surface area (Å²) >= 11 is 0. The van der Waals surface area contributed by atoms with Crippen LogP contribution in [-0.2, 0) is 0 Å². The van der Waals surface area contributed by atoms with Gasteiger partial charge in [-0.25, -0.2) is 0 Å². The normalized spacial score (nSPS) is 3.00. The van der Waals surface area contributed by atoms with Crippen molar-refractivity contribution >= 4 is 0 Å². The first-order valence-corrected chi connectivity index (χ1v) is 0.666. The molecule has 0 heterocycles. The van der Waals surface area contributed by atoms with Crippen LogP contribution < -0.4 is 0 Å². The maximum atomic E-state index is 7.33. The fourth-order valence-corrected chi connectivity index (χ4v) is 0. The van der Waals surface area contributed by atoms with Gasteiger partial charge in [-0.3, -0.25) is 0 Å². The smallest absolute Gasteiger partial charge is 0.0719 e. The molecule has 0 saturated heterocycles. The van der Waals surface area contributed by atoms with E-state index in [9.17, 15) is 0 Å². The molecule has 0 fully saturated rings. The van der Waals surface area contributed by atoms with E-state index in [1.165, 1.54) is 0 Å². The Balaban J connectivity index is 0. The van der Waals surface area contributed by atoms with Crippen LogP contribution in [-0.4, -0.2) is 5.11 Å². The van der Waals surface area contributed by atoms with Crippen molar-refractivity contribution < 1.29 is 5.11 Å². The van der Waals surface area contributed by atoms with Gasteiger partial charge in [-0.15, -0.1) is 0 Å². The monoisotopic (exact) mass is 56.0 g/mol. The van der Waals surface area contributed by atoms with Crippen LogP contribution in [0.1, 0.15) is 0 Å². The Morgan fingerprint density at radius 3 is 1.75 bits per heavy atom. The molecule has 0 unspecified atom stereocenters. The Hall–Kier alpha value is -0.460. The van der Waals surface area contributed by atoms with Crippen molar-refractivity contribution in [2.24, 2.45) is 0 Å². The molecule has 0 amide bonds. The Kier molecular flexibility index (Phi) is 49.7. The molecule has 4 radical (unpaired) electrons. The lowest BCUT2D eigenvalue weighted by atomic mass is 11.2. The highest BCUT2D eigenvalue weighted by molar-refractivity contribution is 4.38. The highest BCUT2D eigenvalue weighted by Gasteiger charge is 1.11. The van der Waals surface area contributed by atoms with E-state index in [2.05, 4.69) is 6.58 Å². The molecule has 0 aliphatic rings. The lowest BCUT2D eigenvalue weighted by molar-refractivity contribution is 0.476. The number of rotatable bonds is 0. The molecule has 0 aromatic rings. The predicted octanol–water partition coefficient (Wildman–Crippen LogP) is 0.769. The highest BCUT2D eigenvalue weighted by atomic mass is 16.2. The standard InChI is InChI=1S/C2H4O.C/c1-2-3;/h2-3H,1H2;. The van der Waals surface area contributed by atoms with Gasteiger partial charge in [-0.1, -0.05) is 6.58 Å². The van der Waals surface area contributed by atoms with Crippen LogP contribution in [0.4, 0.5) is 0 Å². The summed E-state index contributed by atoms with van der Waals surface area (Å²) in [4.78, 5) is 0. The maximum absolute atomic E-state index is 7.33. The molecule has 0 bridgehead atoms. The molecule has 0 spiro atoms. The molecule has 0 aliphatic heterocycles. The summed E-state index contributed by atoms with van der Waals surface area (Å²) in [5.41, 5.74) is 0. The fourth-order valence-electron chi connectivity index (χ4n) is 0. The Morgan fingerprint density at radius 2 is 1.75 bits per heavy atom. The van der Waals surface area contributed by atoms with E-state index in [-0.39, 0.29) is 7.43 Å².